The molecule has 8 heteroatoms. The minimum absolute atomic E-state index is 0. The molecule has 1 heterocycles. The molecule has 0 spiro atoms. The number of halogens is 3. The third-order valence-corrected chi connectivity index (χ3v) is 4.81. The van der Waals surface area contributed by atoms with Crippen molar-refractivity contribution in [3.63, 3.8) is 0 Å². The molecule has 0 radical (unpaired) electrons. The van der Waals surface area contributed by atoms with Crippen molar-refractivity contribution in [2.24, 2.45) is 4.99 Å². The number of benzene rings is 1. The Kier molecular flexibility index (Phi) is 11.3. The summed E-state index contributed by atoms with van der Waals surface area (Å²) < 4.78 is 0. The SMILES string of the molecule is CCNC(=NCCCN1CCCC1=O)NCCc1c(Cl)cccc1Cl.I. The van der Waals surface area contributed by atoms with Gasteiger partial charge in [0.05, 0.1) is 0 Å². The molecule has 2 N–H and O–H groups in total. The Hall–Kier alpha value is -0.730. The van der Waals surface area contributed by atoms with E-state index in [0.29, 0.717) is 29.6 Å². The lowest BCUT2D eigenvalue weighted by Crippen LogP contribution is -2.38. The Morgan fingerprint density at radius 1 is 1.27 bits per heavy atom. The monoisotopic (exact) mass is 512 g/mol. The van der Waals surface area contributed by atoms with Gasteiger partial charge in [-0.25, -0.2) is 0 Å². The molecule has 0 aliphatic carbocycles. The van der Waals surface area contributed by atoms with Crippen LogP contribution in [0.25, 0.3) is 0 Å². The predicted molar refractivity (Wildman–Crippen MR) is 120 cm³/mol. The second-order valence-electron chi connectivity index (χ2n) is 5.98. The second-order valence-corrected chi connectivity index (χ2v) is 6.79. The predicted octanol–water partition coefficient (Wildman–Crippen LogP) is 3.72. The van der Waals surface area contributed by atoms with Crippen molar-refractivity contribution in [1.29, 1.82) is 0 Å². The number of likely N-dealkylation sites (tertiary alicyclic amines) is 1. The van der Waals surface area contributed by atoms with E-state index in [2.05, 4.69) is 15.6 Å². The molecule has 2 rings (SSSR count). The number of amides is 1. The van der Waals surface area contributed by atoms with Crippen LogP contribution >= 0.6 is 47.2 Å². The van der Waals surface area contributed by atoms with E-state index in [1.165, 1.54) is 0 Å². The number of carbonyl (C=O) groups excluding carboxylic acids is 1. The van der Waals surface area contributed by atoms with Crippen molar-refractivity contribution in [3.8, 4) is 0 Å². The zero-order valence-corrected chi connectivity index (χ0v) is 18.9. The van der Waals surface area contributed by atoms with Gasteiger partial charge in [-0.05, 0) is 43.9 Å². The maximum absolute atomic E-state index is 11.6. The van der Waals surface area contributed by atoms with Crippen LogP contribution < -0.4 is 10.6 Å². The van der Waals surface area contributed by atoms with E-state index in [1.54, 1.807) is 0 Å². The molecule has 1 aromatic rings. The fourth-order valence-corrected chi connectivity index (χ4v) is 3.40. The van der Waals surface area contributed by atoms with Crippen LogP contribution in [0.5, 0.6) is 0 Å². The van der Waals surface area contributed by atoms with Crippen LogP contribution in [0.4, 0.5) is 0 Å². The maximum atomic E-state index is 11.6. The van der Waals surface area contributed by atoms with Gasteiger partial charge in [-0.15, -0.1) is 24.0 Å². The van der Waals surface area contributed by atoms with Crippen molar-refractivity contribution in [1.82, 2.24) is 15.5 Å². The lowest BCUT2D eigenvalue weighted by atomic mass is 10.1. The van der Waals surface area contributed by atoms with Crippen molar-refractivity contribution in [3.05, 3.63) is 33.8 Å². The molecule has 1 aliphatic heterocycles. The van der Waals surface area contributed by atoms with Crippen LogP contribution in [0.15, 0.2) is 23.2 Å². The molecule has 0 bridgehead atoms. The molecule has 146 valence electrons. The van der Waals surface area contributed by atoms with E-state index in [-0.39, 0.29) is 29.9 Å². The second kappa shape index (κ2) is 12.6. The summed E-state index contributed by atoms with van der Waals surface area (Å²) in [4.78, 5) is 18.1. The molecule has 1 aromatic carbocycles. The molecule has 0 unspecified atom stereocenters. The van der Waals surface area contributed by atoms with Gasteiger partial charge in [0.1, 0.15) is 0 Å². The fourth-order valence-electron chi connectivity index (χ4n) is 2.81. The van der Waals surface area contributed by atoms with Crippen LogP contribution in [-0.2, 0) is 11.2 Å². The zero-order chi connectivity index (χ0) is 18.1. The van der Waals surface area contributed by atoms with Crippen LogP contribution in [0, 0.1) is 0 Å². The molecule has 0 aromatic heterocycles. The van der Waals surface area contributed by atoms with Gasteiger partial charge in [-0.3, -0.25) is 9.79 Å². The van der Waals surface area contributed by atoms with Crippen LogP contribution in [0.1, 0.15) is 31.7 Å². The Morgan fingerprint density at radius 3 is 2.62 bits per heavy atom. The number of guanidine groups is 1. The van der Waals surface area contributed by atoms with Crippen molar-refractivity contribution >= 4 is 59.0 Å². The molecular formula is C18H27Cl2IN4O. The normalized spacial score (nSPS) is 14.3. The molecule has 1 amide bonds. The Balaban J connectivity index is 0.00000338. The first-order valence-corrected chi connectivity index (χ1v) is 9.60. The van der Waals surface area contributed by atoms with Gasteiger partial charge in [0.2, 0.25) is 5.91 Å². The number of nitrogens with one attached hydrogen (secondary N) is 2. The minimum Gasteiger partial charge on any atom is -0.357 e. The Morgan fingerprint density at radius 2 is 2.00 bits per heavy atom. The summed E-state index contributed by atoms with van der Waals surface area (Å²) in [6.45, 7) is 5.89. The lowest BCUT2D eigenvalue weighted by molar-refractivity contribution is -0.127. The van der Waals surface area contributed by atoms with E-state index in [0.717, 1.165) is 50.4 Å². The smallest absolute Gasteiger partial charge is 0.222 e. The fraction of sp³-hybridized carbons (Fsp3) is 0.556. The number of rotatable bonds is 8. The number of hydrogen-bond acceptors (Lipinski definition) is 2. The van der Waals surface area contributed by atoms with Crippen molar-refractivity contribution in [2.45, 2.75) is 32.6 Å². The van der Waals surface area contributed by atoms with Gasteiger partial charge in [-0.1, -0.05) is 29.3 Å². The van der Waals surface area contributed by atoms with E-state index in [4.69, 9.17) is 23.2 Å². The molecule has 26 heavy (non-hydrogen) atoms. The first kappa shape index (κ1) is 23.3. The number of nitrogens with zero attached hydrogens (tertiary/aromatic N) is 2. The Bertz CT molecular complexity index is 593. The summed E-state index contributed by atoms with van der Waals surface area (Å²) in [5, 5.41) is 7.90. The van der Waals surface area contributed by atoms with Crippen LogP contribution in [0.3, 0.4) is 0 Å². The standard InChI is InChI=1S/C18H26Cl2N4O.HI/c1-2-21-18(22-10-5-13-24-12-4-8-17(24)25)23-11-9-14-15(19)6-3-7-16(14)20;/h3,6-7H,2,4-5,8-13H2,1H3,(H2,21,22,23);1H. The quantitative estimate of drug-likeness (QED) is 0.241. The third-order valence-electron chi connectivity index (χ3n) is 4.10. The number of carbonyl (C=O) groups is 1. The summed E-state index contributed by atoms with van der Waals surface area (Å²) in [5.41, 5.74) is 0.946. The first-order chi connectivity index (χ1) is 12.1. The molecular weight excluding hydrogens is 486 g/mol. The van der Waals surface area contributed by atoms with Gasteiger partial charge in [0.15, 0.2) is 5.96 Å². The molecule has 1 fully saturated rings. The van der Waals surface area contributed by atoms with Gasteiger partial charge < -0.3 is 15.5 Å². The highest BCUT2D eigenvalue weighted by molar-refractivity contribution is 14.0. The number of hydrogen-bond donors (Lipinski definition) is 2. The van der Waals surface area contributed by atoms with E-state index >= 15 is 0 Å². The van der Waals surface area contributed by atoms with E-state index in [9.17, 15) is 4.79 Å². The van der Waals surface area contributed by atoms with Gasteiger partial charge in [0, 0.05) is 49.2 Å². The topological polar surface area (TPSA) is 56.7 Å². The average Bonchev–Trinajstić information content (AvgIpc) is 2.99. The molecule has 1 saturated heterocycles. The van der Waals surface area contributed by atoms with Crippen LogP contribution in [-0.4, -0.2) is 49.5 Å². The number of aliphatic imine (C=N–C) groups is 1. The first-order valence-electron chi connectivity index (χ1n) is 8.84. The van der Waals surface area contributed by atoms with Crippen LogP contribution in [0.2, 0.25) is 10.0 Å². The summed E-state index contributed by atoms with van der Waals surface area (Å²) in [6.07, 6.45) is 3.28. The summed E-state index contributed by atoms with van der Waals surface area (Å²) in [6, 6.07) is 5.54. The Labute approximate surface area is 182 Å². The highest BCUT2D eigenvalue weighted by atomic mass is 127. The largest absolute Gasteiger partial charge is 0.357 e. The van der Waals surface area contributed by atoms with Crippen molar-refractivity contribution in [2.75, 3.05) is 32.7 Å². The molecule has 0 atom stereocenters. The summed E-state index contributed by atoms with van der Waals surface area (Å²) >= 11 is 12.4. The van der Waals surface area contributed by atoms with Crippen molar-refractivity contribution < 1.29 is 4.79 Å². The van der Waals surface area contributed by atoms with Gasteiger partial charge in [-0.2, -0.15) is 0 Å². The summed E-state index contributed by atoms with van der Waals surface area (Å²) in [5.74, 6) is 1.05. The van der Waals surface area contributed by atoms with E-state index < -0.39 is 0 Å². The lowest BCUT2D eigenvalue weighted by Gasteiger charge is -2.15. The van der Waals surface area contributed by atoms with E-state index in [1.807, 2.05) is 30.0 Å². The third kappa shape index (κ3) is 7.48. The average molecular weight is 513 g/mol. The highest BCUT2D eigenvalue weighted by Crippen LogP contribution is 2.24. The molecule has 1 aliphatic rings. The molecule has 0 saturated carbocycles. The zero-order valence-electron chi connectivity index (χ0n) is 15.1. The highest BCUT2D eigenvalue weighted by Gasteiger charge is 2.18. The minimum atomic E-state index is 0. The summed E-state index contributed by atoms with van der Waals surface area (Å²) in [7, 11) is 0. The molecule has 5 nitrogen and oxygen atoms in total. The van der Waals surface area contributed by atoms with Gasteiger partial charge in [0.25, 0.3) is 0 Å². The van der Waals surface area contributed by atoms with Gasteiger partial charge >= 0.3 is 0 Å². The maximum Gasteiger partial charge on any atom is 0.222 e.